The lowest BCUT2D eigenvalue weighted by Gasteiger charge is -2.19. The summed E-state index contributed by atoms with van der Waals surface area (Å²) in [4.78, 5) is 39.1. The van der Waals surface area contributed by atoms with Crippen molar-refractivity contribution in [3.8, 4) is 0 Å². The van der Waals surface area contributed by atoms with Gasteiger partial charge in [0, 0.05) is 11.4 Å². The van der Waals surface area contributed by atoms with E-state index in [1.54, 1.807) is 34.6 Å². The van der Waals surface area contributed by atoms with Crippen LogP contribution >= 0.6 is 11.3 Å². The van der Waals surface area contributed by atoms with Gasteiger partial charge in [0.05, 0.1) is 24.1 Å². The molecule has 0 aromatic carbocycles. The molecule has 1 aliphatic carbocycles. The molecular weight excluding hydrogens is 465 g/mol. The molecule has 0 unspecified atom stereocenters. The number of carbonyl (C=O) groups is 1. The Labute approximate surface area is 191 Å². The SMILES string of the molecule is Cc1c(CNNC(=O)OC(C)(C)C)sc2c1c(=O)n(C1(C)CC1)c(=O)n2CCOC(F)(F)F. The van der Waals surface area contributed by atoms with Crippen molar-refractivity contribution in [2.75, 3.05) is 6.61 Å². The average Bonchev–Trinajstić information content (AvgIpc) is 3.29. The van der Waals surface area contributed by atoms with E-state index in [0.29, 0.717) is 23.3 Å². The Hall–Kier alpha value is -2.38. The van der Waals surface area contributed by atoms with Crippen LogP contribution in [0.2, 0.25) is 0 Å². The van der Waals surface area contributed by atoms with Crippen LogP contribution in [0.5, 0.6) is 0 Å². The molecule has 0 saturated heterocycles. The van der Waals surface area contributed by atoms with Gasteiger partial charge in [-0.3, -0.25) is 24.1 Å². The molecule has 184 valence electrons. The Morgan fingerprint density at radius 3 is 2.39 bits per heavy atom. The highest BCUT2D eigenvalue weighted by molar-refractivity contribution is 7.18. The highest BCUT2D eigenvalue weighted by atomic mass is 32.1. The third-order valence-corrected chi connectivity index (χ3v) is 6.56. The van der Waals surface area contributed by atoms with Crippen LogP contribution in [0, 0.1) is 6.92 Å². The van der Waals surface area contributed by atoms with Gasteiger partial charge < -0.3 is 4.74 Å². The third kappa shape index (κ3) is 5.76. The van der Waals surface area contributed by atoms with Gasteiger partial charge in [-0.15, -0.1) is 24.5 Å². The summed E-state index contributed by atoms with van der Waals surface area (Å²) < 4.78 is 48.7. The Morgan fingerprint density at radius 2 is 1.85 bits per heavy atom. The van der Waals surface area contributed by atoms with E-state index in [1.165, 1.54) is 0 Å². The maximum absolute atomic E-state index is 13.2. The predicted octanol–water partition coefficient (Wildman–Crippen LogP) is 3.11. The topological polar surface area (TPSA) is 104 Å². The zero-order chi connectivity index (χ0) is 24.8. The Morgan fingerprint density at radius 1 is 1.21 bits per heavy atom. The summed E-state index contributed by atoms with van der Waals surface area (Å²) in [7, 11) is 0. The molecule has 0 spiro atoms. The number of carbonyl (C=O) groups excluding carboxylic acids is 1. The fraction of sp³-hybridized carbons (Fsp3) is 0.650. The molecule has 9 nitrogen and oxygen atoms in total. The minimum absolute atomic E-state index is 0.119. The van der Waals surface area contributed by atoms with Crippen LogP contribution in [-0.2, 0) is 28.1 Å². The molecule has 0 aliphatic heterocycles. The van der Waals surface area contributed by atoms with Crippen LogP contribution in [-0.4, -0.2) is 33.8 Å². The number of alkyl halides is 3. The number of ether oxygens (including phenoxy) is 2. The molecule has 1 amide bonds. The van der Waals surface area contributed by atoms with Gasteiger partial charge in [0.15, 0.2) is 0 Å². The molecule has 13 heteroatoms. The number of aryl methyl sites for hydroxylation is 1. The van der Waals surface area contributed by atoms with Crippen LogP contribution in [0.25, 0.3) is 10.2 Å². The summed E-state index contributed by atoms with van der Waals surface area (Å²) in [6.45, 7) is 7.61. The number of halogens is 3. The van der Waals surface area contributed by atoms with E-state index in [4.69, 9.17) is 4.74 Å². The number of hydrazine groups is 1. The largest absolute Gasteiger partial charge is 0.522 e. The molecule has 0 bridgehead atoms. The molecule has 2 aromatic rings. The molecule has 0 radical (unpaired) electrons. The molecule has 2 N–H and O–H groups in total. The summed E-state index contributed by atoms with van der Waals surface area (Å²) in [5, 5.41) is 0.272. The fourth-order valence-electron chi connectivity index (χ4n) is 3.39. The van der Waals surface area contributed by atoms with Crippen molar-refractivity contribution >= 4 is 27.6 Å². The van der Waals surface area contributed by atoms with Gasteiger partial charge in [-0.25, -0.2) is 15.0 Å². The van der Waals surface area contributed by atoms with E-state index in [-0.39, 0.29) is 23.3 Å². The number of aromatic nitrogens is 2. The molecule has 1 aliphatic rings. The summed E-state index contributed by atoms with van der Waals surface area (Å²) >= 11 is 1.10. The third-order valence-electron chi connectivity index (χ3n) is 5.24. The quantitative estimate of drug-likeness (QED) is 0.576. The first-order valence-electron chi connectivity index (χ1n) is 10.3. The Bertz CT molecular complexity index is 1170. The summed E-state index contributed by atoms with van der Waals surface area (Å²) in [6.07, 6.45) is -4.26. The number of nitrogens with zero attached hydrogens (tertiary/aromatic N) is 2. The van der Waals surface area contributed by atoms with E-state index >= 15 is 0 Å². The van der Waals surface area contributed by atoms with E-state index < -0.39 is 41.5 Å². The fourth-order valence-corrected chi connectivity index (χ4v) is 4.65. The van der Waals surface area contributed by atoms with Gasteiger partial charge in [0.1, 0.15) is 10.4 Å². The maximum Gasteiger partial charge on any atom is 0.522 e. The minimum atomic E-state index is -4.83. The van der Waals surface area contributed by atoms with Gasteiger partial charge in [0.2, 0.25) is 0 Å². The number of hydrogen-bond acceptors (Lipinski definition) is 7. The first kappa shape index (κ1) is 25.2. The Balaban J connectivity index is 1.95. The standard InChI is InChI=1S/C20H27F3N4O5S/c1-11-12(10-24-25-16(29)32-18(2,3)4)33-15-13(11)14(28)27(19(5)6-7-19)17(30)26(15)8-9-31-20(21,22)23/h24H,6-10H2,1-5H3,(H,25,29). The molecule has 1 fully saturated rings. The van der Waals surface area contributed by atoms with Gasteiger partial charge in [-0.05, 0) is 53.0 Å². The van der Waals surface area contributed by atoms with Gasteiger partial charge in [-0.1, -0.05) is 0 Å². The van der Waals surface area contributed by atoms with Crippen LogP contribution in [0.4, 0.5) is 18.0 Å². The number of nitrogens with one attached hydrogen (secondary N) is 2. The lowest BCUT2D eigenvalue weighted by atomic mass is 10.2. The number of hydrogen-bond donors (Lipinski definition) is 2. The van der Waals surface area contributed by atoms with Crippen LogP contribution < -0.4 is 22.1 Å². The first-order chi connectivity index (χ1) is 15.1. The van der Waals surface area contributed by atoms with Crippen LogP contribution in [0.1, 0.15) is 51.0 Å². The average molecular weight is 493 g/mol. The van der Waals surface area contributed by atoms with Crippen molar-refractivity contribution in [2.45, 2.75) is 78.1 Å². The maximum atomic E-state index is 13.2. The van der Waals surface area contributed by atoms with Crippen LogP contribution in [0.15, 0.2) is 9.59 Å². The van der Waals surface area contributed by atoms with Crippen molar-refractivity contribution in [3.63, 3.8) is 0 Å². The minimum Gasteiger partial charge on any atom is -0.443 e. The number of thiophene rings is 1. The molecule has 33 heavy (non-hydrogen) atoms. The molecule has 2 aromatic heterocycles. The van der Waals surface area contributed by atoms with E-state index in [9.17, 15) is 27.6 Å². The van der Waals surface area contributed by atoms with Crippen molar-refractivity contribution in [1.29, 1.82) is 0 Å². The lowest BCUT2D eigenvalue weighted by Crippen LogP contribution is -2.45. The zero-order valence-corrected chi connectivity index (χ0v) is 19.8. The molecule has 2 heterocycles. The molecule has 3 rings (SSSR count). The van der Waals surface area contributed by atoms with Gasteiger partial charge in [0.25, 0.3) is 5.56 Å². The van der Waals surface area contributed by atoms with Crippen LogP contribution in [0.3, 0.4) is 0 Å². The second kappa shape index (κ2) is 8.76. The van der Waals surface area contributed by atoms with Gasteiger partial charge >= 0.3 is 18.1 Å². The number of amides is 1. The molecule has 1 saturated carbocycles. The summed E-state index contributed by atoms with van der Waals surface area (Å²) in [5.74, 6) is 0. The lowest BCUT2D eigenvalue weighted by molar-refractivity contribution is -0.325. The zero-order valence-electron chi connectivity index (χ0n) is 19.0. The number of rotatable bonds is 7. The summed E-state index contributed by atoms with van der Waals surface area (Å²) in [6, 6.07) is 0. The molecular formula is C20H27F3N4O5S. The second-order valence-electron chi connectivity index (χ2n) is 9.18. The van der Waals surface area contributed by atoms with Crippen molar-refractivity contribution in [1.82, 2.24) is 20.0 Å². The van der Waals surface area contributed by atoms with Crippen molar-refractivity contribution in [3.05, 3.63) is 31.3 Å². The summed E-state index contributed by atoms with van der Waals surface area (Å²) in [5.41, 5.74) is 3.23. The van der Waals surface area contributed by atoms with Crippen molar-refractivity contribution < 1.29 is 27.4 Å². The van der Waals surface area contributed by atoms with E-state index in [2.05, 4.69) is 15.6 Å². The second-order valence-corrected chi connectivity index (χ2v) is 10.3. The highest BCUT2D eigenvalue weighted by Crippen LogP contribution is 2.41. The Kier molecular flexibility index (Phi) is 6.70. The number of fused-ring (bicyclic) bond motifs is 1. The predicted molar refractivity (Wildman–Crippen MR) is 116 cm³/mol. The first-order valence-corrected chi connectivity index (χ1v) is 11.2. The normalized spacial score (nSPS) is 15.6. The smallest absolute Gasteiger partial charge is 0.443 e. The van der Waals surface area contributed by atoms with E-state index in [1.807, 2.05) is 0 Å². The van der Waals surface area contributed by atoms with E-state index in [0.717, 1.165) is 20.5 Å². The molecule has 0 atom stereocenters. The monoisotopic (exact) mass is 492 g/mol. The highest BCUT2D eigenvalue weighted by Gasteiger charge is 2.43. The van der Waals surface area contributed by atoms with Crippen molar-refractivity contribution in [2.24, 2.45) is 0 Å². The van der Waals surface area contributed by atoms with Gasteiger partial charge in [-0.2, -0.15) is 0 Å².